The second-order valence-electron chi connectivity index (χ2n) is 9.62. The van der Waals surface area contributed by atoms with Crippen LogP contribution in [0.3, 0.4) is 0 Å². The van der Waals surface area contributed by atoms with Gasteiger partial charge >= 0.3 is 0 Å². The molecule has 4 aromatic rings. The number of rotatable bonds is 11. The van der Waals surface area contributed by atoms with E-state index < -0.39 is 5.82 Å². The van der Waals surface area contributed by atoms with Gasteiger partial charge in [-0.25, -0.2) is 0 Å². The predicted molar refractivity (Wildman–Crippen MR) is 151 cm³/mol. The van der Waals surface area contributed by atoms with Crippen molar-refractivity contribution in [1.29, 1.82) is 0 Å². The second kappa shape index (κ2) is 12.8. The Morgan fingerprint density at radius 3 is 2.52 bits per heavy atom. The molecule has 0 radical (unpaired) electrons. The number of carbonyl (C=O) groups excluding carboxylic acids is 1. The van der Waals surface area contributed by atoms with E-state index in [0.717, 1.165) is 37.1 Å². The summed E-state index contributed by atoms with van der Waals surface area (Å²) in [6.07, 6.45) is 5.33. The maximum Gasteiger partial charge on any atom is 0.299 e. The molecule has 9 nitrogen and oxygen atoms in total. The number of benzene rings is 2. The molecule has 0 unspecified atom stereocenters. The fraction of sp³-hybridized carbons (Fsp3) is 0.367. The van der Waals surface area contributed by atoms with Crippen molar-refractivity contribution in [2.45, 2.75) is 45.7 Å². The number of aromatic nitrogens is 2. The molecule has 1 fully saturated rings. The monoisotopic (exact) mass is 547 g/mol. The van der Waals surface area contributed by atoms with Gasteiger partial charge in [0.2, 0.25) is 11.7 Å². The third-order valence-electron chi connectivity index (χ3n) is 6.78. The number of ether oxygens (including phenoxy) is 2. The van der Waals surface area contributed by atoms with E-state index in [2.05, 4.69) is 20.5 Å². The number of nitrogens with zero attached hydrogens (tertiary/aromatic N) is 3. The zero-order valence-corrected chi connectivity index (χ0v) is 22.8. The van der Waals surface area contributed by atoms with Gasteiger partial charge in [0.25, 0.3) is 6.01 Å². The molecule has 1 aliphatic heterocycles. The topological polar surface area (TPSA) is 102 Å². The number of amides is 1. The van der Waals surface area contributed by atoms with Crippen LogP contribution in [0, 0.1) is 5.82 Å². The summed E-state index contributed by atoms with van der Waals surface area (Å²) in [5.41, 5.74) is 3.32. The van der Waals surface area contributed by atoms with Crippen molar-refractivity contribution in [3.63, 3.8) is 0 Å². The van der Waals surface area contributed by atoms with Crippen LogP contribution in [0.25, 0.3) is 11.1 Å². The van der Waals surface area contributed by atoms with Gasteiger partial charge in [0, 0.05) is 25.0 Å². The Morgan fingerprint density at radius 1 is 1.10 bits per heavy atom. The predicted octanol–water partition coefficient (Wildman–Crippen LogP) is 5.10. The van der Waals surface area contributed by atoms with Crippen molar-refractivity contribution >= 4 is 28.7 Å². The van der Waals surface area contributed by atoms with Crippen LogP contribution < -0.4 is 25.0 Å². The van der Waals surface area contributed by atoms with Crippen molar-refractivity contribution in [2.75, 3.05) is 36.5 Å². The lowest BCUT2D eigenvalue weighted by molar-refractivity contribution is -0.115. The van der Waals surface area contributed by atoms with Gasteiger partial charge in [0.15, 0.2) is 17.1 Å². The minimum Gasteiger partial charge on any atom is -0.491 e. The zero-order chi connectivity index (χ0) is 27.9. The molecule has 0 saturated carbocycles. The van der Waals surface area contributed by atoms with E-state index in [1.807, 2.05) is 32.0 Å². The molecule has 2 aromatic heterocycles. The van der Waals surface area contributed by atoms with Crippen molar-refractivity contribution in [2.24, 2.45) is 0 Å². The van der Waals surface area contributed by atoms with E-state index in [1.54, 1.807) is 36.7 Å². The molecule has 0 spiro atoms. The number of fused-ring (bicyclic) bond motifs is 1. The number of nitrogens with one attached hydrogen (secondary N) is 2. The number of pyridine rings is 1. The van der Waals surface area contributed by atoms with Gasteiger partial charge in [-0.1, -0.05) is 12.1 Å². The van der Waals surface area contributed by atoms with E-state index in [9.17, 15) is 9.18 Å². The smallest absolute Gasteiger partial charge is 0.299 e. The van der Waals surface area contributed by atoms with Crippen LogP contribution in [0.2, 0.25) is 0 Å². The number of halogens is 1. The summed E-state index contributed by atoms with van der Waals surface area (Å²) in [6, 6.07) is 13.2. The molecule has 2 aromatic carbocycles. The summed E-state index contributed by atoms with van der Waals surface area (Å²) in [7, 11) is 0. The molecule has 210 valence electrons. The molecule has 0 aliphatic carbocycles. The molecule has 0 bridgehead atoms. The fourth-order valence-electron chi connectivity index (χ4n) is 4.95. The van der Waals surface area contributed by atoms with E-state index in [0.29, 0.717) is 42.6 Å². The summed E-state index contributed by atoms with van der Waals surface area (Å²) in [5.74, 6) is -0.365. The molecule has 0 atom stereocenters. The van der Waals surface area contributed by atoms with Gasteiger partial charge < -0.3 is 29.4 Å². The summed E-state index contributed by atoms with van der Waals surface area (Å²) in [6.45, 7) is 6.47. The Labute approximate surface area is 232 Å². The molecule has 5 rings (SSSR count). The Hall–Kier alpha value is -4.18. The van der Waals surface area contributed by atoms with E-state index in [-0.39, 0.29) is 29.9 Å². The van der Waals surface area contributed by atoms with Crippen molar-refractivity contribution in [1.82, 2.24) is 15.3 Å². The van der Waals surface area contributed by atoms with Gasteiger partial charge in [0.05, 0.1) is 25.3 Å². The average molecular weight is 548 g/mol. The van der Waals surface area contributed by atoms with E-state index >= 15 is 0 Å². The minimum atomic E-state index is -0.505. The van der Waals surface area contributed by atoms with Gasteiger partial charge in [-0.3, -0.25) is 9.78 Å². The first-order valence-electron chi connectivity index (χ1n) is 13.7. The largest absolute Gasteiger partial charge is 0.491 e. The first-order chi connectivity index (χ1) is 19.6. The van der Waals surface area contributed by atoms with Gasteiger partial charge in [-0.05, 0) is 81.2 Å². The highest BCUT2D eigenvalue weighted by Gasteiger charge is 2.27. The maximum absolute atomic E-state index is 14.9. The van der Waals surface area contributed by atoms with E-state index in [4.69, 9.17) is 18.9 Å². The van der Waals surface area contributed by atoms with Crippen molar-refractivity contribution < 1.29 is 23.1 Å². The Morgan fingerprint density at radius 2 is 1.85 bits per heavy atom. The summed E-state index contributed by atoms with van der Waals surface area (Å²) < 4.78 is 32.4. The molecule has 2 N–H and O–H groups in total. The molecular weight excluding hydrogens is 513 g/mol. The molecule has 1 aliphatic rings. The van der Waals surface area contributed by atoms with Crippen LogP contribution in [0.15, 0.2) is 59.3 Å². The zero-order valence-electron chi connectivity index (χ0n) is 22.8. The fourth-order valence-corrected chi connectivity index (χ4v) is 4.95. The highest BCUT2D eigenvalue weighted by Crippen LogP contribution is 2.34. The highest BCUT2D eigenvalue weighted by molar-refractivity contribution is 5.99. The number of hydrogen-bond acceptors (Lipinski definition) is 8. The number of piperidine rings is 1. The second-order valence-corrected chi connectivity index (χ2v) is 9.62. The number of carbonyl (C=O) groups is 1. The van der Waals surface area contributed by atoms with Crippen molar-refractivity contribution in [3.05, 3.63) is 71.8 Å². The lowest BCUT2D eigenvalue weighted by Gasteiger charge is -2.33. The third kappa shape index (κ3) is 6.34. The first-order valence-corrected chi connectivity index (χ1v) is 13.7. The molecule has 10 heteroatoms. The molecule has 3 heterocycles. The average Bonchev–Trinajstić information content (AvgIpc) is 3.40. The highest BCUT2D eigenvalue weighted by atomic mass is 19.1. The first kappa shape index (κ1) is 27.4. The van der Waals surface area contributed by atoms with Crippen LogP contribution >= 0.6 is 0 Å². The lowest BCUT2D eigenvalue weighted by Crippen LogP contribution is -2.43. The standard InChI is InChI=1S/C30H34FN5O4/c1-3-38-25-15-21(16-26(28(25)31)39-4-2)19-36(22-10-13-32-14-11-22)30-35-24-9-5-8-23(29(24)40-30)34-27(37)17-20-7-6-12-33-18-20/h5-9,12,15-16,18,22,32H,3-4,10-11,13-14,17,19H2,1-2H3,(H,34,37). The SMILES string of the molecule is CCOc1cc(CN(c2nc3cccc(NC(=O)Cc4cccnc4)c3o2)C2CCNCC2)cc(OCC)c1F. The number of hydrogen-bond donors (Lipinski definition) is 2. The van der Waals surface area contributed by atoms with Gasteiger partial charge in [0.1, 0.15) is 5.52 Å². The summed E-state index contributed by atoms with van der Waals surface area (Å²) in [4.78, 5) is 23.8. The Kier molecular flexibility index (Phi) is 8.75. The summed E-state index contributed by atoms with van der Waals surface area (Å²) >= 11 is 0. The lowest BCUT2D eigenvalue weighted by atomic mass is 10.0. The third-order valence-corrected chi connectivity index (χ3v) is 6.78. The molecule has 1 amide bonds. The maximum atomic E-state index is 14.9. The normalized spacial score (nSPS) is 13.8. The summed E-state index contributed by atoms with van der Waals surface area (Å²) in [5, 5.41) is 6.36. The molecule has 1 saturated heterocycles. The van der Waals surface area contributed by atoms with Crippen LogP contribution in [0.4, 0.5) is 16.1 Å². The van der Waals surface area contributed by atoms with Crippen LogP contribution in [0.5, 0.6) is 11.5 Å². The number of oxazole rings is 1. The van der Waals surface area contributed by atoms with Crippen molar-refractivity contribution in [3.8, 4) is 11.5 Å². The molecular formula is C30H34FN5O4. The molecule has 40 heavy (non-hydrogen) atoms. The minimum absolute atomic E-state index is 0.147. The Balaban J connectivity index is 1.46. The van der Waals surface area contributed by atoms with E-state index in [1.165, 1.54) is 0 Å². The van der Waals surface area contributed by atoms with Gasteiger partial charge in [-0.2, -0.15) is 9.37 Å². The number of anilines is 2. The Bertz CT molecular complexity index is 1410. The van der Waals surface area contributed by atoms with Crippen LogP contribution in [-0.4, -0.2) is 48.2 Å². The quantitative estimate of drug-likeness (QED) is 0.268. The number of para-hydroxylation sites is 1. The van der Waals surface area contributed by atoms with Crippen LogP contribution in [0.1, 0.15) is 37.8 Å². The van der Waals surface area contributed by atoms with Crippen LogP contribution in [-0.2, 0) is 17.8 Å². The van der Waals surface area contributed by atoms with Gasteiger partial charge in [-0.15, -0.1) is 0 Å².